The summed E-state index contributed by atoms with van der Waals surface area (Å²) in [5.41, 5.74) is 2.21. The number of hydrogen-bond donors (Lipinski definition) is 1. The molecular weight excluding hydrogens is 411 g/mol. The predicted molar refractivity (Wildman–Crippen MR) is 107 cm³/mol. The van der Waals surface area contributed by atoms with Gasteiger partial charge in [-0.05, 0) is 70.0 Å². The van der Waals surface area contributed by atoms with Crippen molar-refractivity contribution in [2.75, 3.05) is 5.32 Å². The minimum atomic E-state index is -0.374. The molecule has 0 saturated carbocycles. The molecule has 2 aromatic carbocycles. The summed E-state index contributed by atoms with van der Waals surface area (Å²) in [4.78, 5) is 16.2. The minimum Gasteiger partial charge on any atom is -0.487 e. The van der Waals surface area contributed by atoms with E-state index >= 15 is 0 Å². The molecular formula is C21H16BrFN2O2. The highest BCUT2D eigenvalue weighted by Gasteiger charge is 2.04. The lowest BCUT2D eigenvalue weighted by Gasteiger charge is -2.06. The van der Waals surface area contributed by atoms with Crippen molar-refractivity contribution in [3.8, 4) is 5.75 Å². The van der Waals surface area contributed by atoms with Crippen LogP contribution in [-0.4, -0.2) is 10.9 Å². The largest absolute Gasteiger partial charge is 0.487 e. The predicted octanol–water partition coefficient (Wildman–Crippen LogP) is 5.21. The van der Waals surface area contributed by atoms with Crippen LogP contribution in [0.25, 0.3) is 6.08 Å². The van der Waals surface area contributed by atoms with Crippen molar-refractivity contribution in [2.45, 2.75) is 6.61 Å². The highest BCUT2D eigenvalue weighted by Crippen LogP contribution is 2.23. The van der Waals surface area contributed by atoms with Crippen molar-refractivity contribution in [3.63, 3.8) is 0 Å². The van der Waals surface area contributed by atoms with Gasteiger partial charge in [-0.1, -0.05) is 18.2 Å². The average Bonchev–Trinajstić information content (AvgIpc) is 2.68. The van der Waals surface area contributed by atoms with Crippen LogP contribution in [0.15, 0.2) is 77.4 Å². The standard InChI is InChI=1S/C21H16BrFN2O2/c22-19-13-16(23)7-10-20(19)25-21(26)11-6-15-4-8-18(9-5-15)27-14-17-3-1-2-12-24-17/h1-13H,14H2,(H,25,26)/b11-6+. The molecule has 0 aliphatic carbocycles. The van der Waals surface area contributed by atoms with Crippen LogP contribution in [0.3, 0.4) is 0 Å². The smallest absolute Gasteiger partial charge is 0.248 e. The number of amides is 1. The quantitative estimate of drug-likeness (QED) is 0.550. The van der Waals surface area contributed by atoms with E-state index in [9.17, 15) is 9.18 Å². The summed E-state index contributed by atoms with van der Waals surface area (Å²) in [7, 11) is 0. The van der Waals surface area contributed by atoms with Crippen molar-refractivity contribution < 1.29 is 13.9 Å². The van der Waals surface area contributed by atoms with Crippen molar-refractivity contribution in [2.24, 2.45) is 0 Å². The Hall–Kier alpha value is -2.99. The summed E-state index contributed by atoms with van der Waals surface area (Å²) in [6, 6.07) is 17.1. The number of halogens is 2. The normalized spacial score (nSPS) is 10.7. The first-order valence-corrected chi connectivity index (χ1v) is 8.96. The van der Waals surface area contributed by atoms with E-state index in [1.807, 2.05) is 42.5 Å². The van der Waals surface area contributed by atoms with Gasteiger partial charge in [0.1, 0.15) is 18.2 Å². The molecule has 1 aromatic heterocycles. The zero-order valence-corrected chi connectivity index (χ0v) is 15.8. The third-order valence-electron chi connectivity index (χ3n) is 3.61. The Labute approximate surface area is 164 Å². The van der Waals surface area contributed by atoms with Crippen LogP contribution in [0.2, 0.25) is 0 Å². The molecule has 0 radical (unpaired) electrons. The van der Waals surface area contributed by atoms with Crippen LogP contribution >= 0.6 is 15.9 Å². The third kappa shape index (κ3) is 5.76. The van der Waals surface area contributed by atoms with Gasteiger partial charge in [-0.25, -0.2) is 4.39 Å². The molecule has 27 heavy (non-hydrogen) atoms. The lowest BCUT2D eigenvalue weighted by Crippen LogP contribution is -2.08. The first kappa shape index (κ1) is 18.8. The second kappa shape index (κ2) is 9.09. The van der Waals surface area contributed by atoms with E-state index < -0.39 is 0 Å². The van der Waals surface area contributed by atoms with Gasteiger partial charge < -0.3 is 10.1 Å². The van der Waals surface area contributed by atoms with Crippen LogP contribution in [0.5, 0.6) is 5.75 Å². The molecule has 4 nitrogen and oxygen atoms in total. The summed E-state index contributed by atoms with van der Waals surface area (Å²) in [5.74, 6) is 0.0380. The van der Waals surface area contributed by atoms with E-state index in [-0.39, 0.29) is 11.7 Å². The average molecular weight is 427 g/mol. The van der Waals surface area contributed by atoms with Gasteiger partial charge in [0.05, 0.1) is 11.4 Å². The molecule has 0 aliphatic heterocycles. The second-order valence-corrected chi connectivity index (χ2v) is 6.48. The maximum atomic E-state index is 13.1. The minimum absolute atomic E-state index is 0.308. The molecule has 0 unspecified atom stereocenters. The van der Waals surface area contributed by atoms with Crippen LogP contribution in [0.1, 0.15) is 11.3 Å². The van der Waals surface area contributed by atoms with Gasteiger partial charge in [-0.2, -0.15) is 0 Å². The lowest BCUT2D eigenvalue weighted by molar-refractivity contribution is -0.111. The van der Waals surface area contributed by atoms with Gasteiger partial charge >= 0.3 is 0 Å². The highest BCUT2D eigenvalue weighted by molar-refractivity contribution is 9.10. The van der Waals surface area contributed by atoms with Crippen molar-refractivity contribution >= 4 is 33.6 Å². The molecule has 0 spiro atoms. The number of hydrogen-bond acceptors (Lipinski definition) is 3. The van der Waals surface area contributed by atoms with Gasteiger partial charge in [-0.3, -0.25) is 9.78 Å². The molecule has 1 heterocycles. The molecule has 3 aromatic rings. The topological polar surface area (TPSA) is 51.2 Å². The lowest BCUT2D eigenvalue weighted by atomic mass is 10.2. The van der Waals surface area contributed by atoms with Gasteiger partial charge in [0.2, 0.25) is 5.91 Å². The number of carbonyl (C=O) groups is 1. The summed E-state index contributed by atoms with van der Waals surface area (Å²) >= 11 is 3.21. The van der Waals surface area contributed by atoms with Crippen molar-refractivity contribution in [3.05, 3.63) is 94.5 Å². The Morgan fingerprint density at radius 2 is 1.96 bits per heavy atom. The summed E-state index contributed by atoms with van der Waals surface area (Å²) in [5, 5.41) is 2.69. The van der Waals surface area contributed by atoms with E-state index in [4.69, 9.17) is 4.74 Å². The van der Waals surface area contributed by atoms with E-state index in [0.29, 0.717) is 16.8 Å². The number of benzene rings is 2. The Morgan fingerprint density at radius 3 is 2.67 bits per heavy atom. The molecule has 0 bridgehead atoms. The second-order valence-electron chi connectivity index (χ2n) is 5.63. The Balaban J connectivity index is 1.54. The fourth-order valence-corrected chi connectivity index (χ4v) is 2.70. The van der Waals surface area contributed by atoms with Crippen LogP contribution in [0, 0.1) is 5.82 Å². The first-order chi connectivity index (χ1) is 13.1. The molecule has 0 atom stereocenters. The van der Waals surface area contributed by atoms with Crippen molar-refractivity contribution in [1.82, 2.24) is 4.98 Å². The number of pyridine rings is 1. The first-order valence-electron chi connectivity index (χ1n) is 8.17. The number of aromatic nitrogens is 1. The Bertz CT molecular complexity index is 944. The SMILES string of the molecule is O=C(/C=C/c1ccc(OCc2ccccn2)cc1)Nc1ccc(F)cc1Br. The molecule has 0 saturated heterocycles. The summed E-state index contributed by atoms with van der Waals surface area (Å²) < 4.78 is 19.2. The molecule has 0 aliphatic rings. The number of rotatable bonds is 6. The Morgan fingerprint density at radius 1 is 1.15 bits per heavy atom. The highest BCUT2D eigenvalue weighted by atomic mass is 79.9. The molecule has 6 heteroatoms. The number of anilines is 1. The maximum absolute atomic E-state index is 13.1. The number of nitrogens with zero attached hydrogens (tertiary/aromatic N) is 1. The van der Waals surface area contributed by atoms with Gasteiger partial charge in [-0.15, -0.1) is 0 Å². The van der Waals surface area contributed by atoms with E-state index in [2.05, 4.69) is 26.2 Å². The number of ether oxygens (including phenoxy) is 1. The fraction of sp³-hybridized carbons (Fsp3) is 0.0476. The number of carbonyl (C=O) groups excluding carboxylic acids is 1. The maximum Gasteiger partial charge on any atom is 0.248 e. The molecule has 136 valence electrons. The Kier molecular flexibility index (Phi) is 6.33. The third-order valence-corrected chi connectivity index (χ3v) is 4.27. The molecule has 1 N–H and O–H groups in total. The van der Waals surface area contributed by atoms with Gasteiger partial charge in [0.15, 0.2) is 0 Å². The fourth-order valence-electron chi connectivity index (χ4n) is 2.25. The zero-order chi connectivity index (χ0) is 19.1. The van der Waals surface area contributed by atoms with Crippen molar-refractivity contribution in [1.29, 1.82) is 0 Å². The number of nitrogens with one attached hydrogen (secondary N) is 1. The van der Waals surface area contributed by atoms with Gasteiger partial charge in [0.25, 0.3) is 0 Å². The summed E-state index contributed by atoms with van der Waals surface area (Å²) in [6.07, 6.45) is 4.83. The van der Waals surface area contributed by atoms with Crippen LogP contribution in [0.4, 0.5) is 10.1 Å². The van der Waals surface area contributed by atoms with Crippen LogP contribution < -0.4 is 10.1 Å². The zero-order valence-electron chi connectivity index (χ0n) is 14.2. The molecule has 0 fully saturated rings. The van der Waals surface area contributed by atoms with E-state index in [0.717, 1.165) is 17.0 Å². The van der Waals surface area contributed by atoms with E-state index in [1.54, 1.807) is 12.3 Å². The van der Waals surface area contributed by atoms with Crippen LogP contribution in [-0.2, 0) is 11.4 Å². The summed E-state index contributed by atoms with van der Waals surface area (Å²) in [6.45, 7) is 0.394. The monoisotopic (exact) mass is 426 g/mol. The molecule has 1 amide bonds. The van der Waals surface area contributed by atoms with Gasteiger partial charge in [0, 0.05) is 16.7 Å². The molecule has 3 rings (SSSR count). The van der Waals surface area contributed by atoms with E-state index in [1.165, 1.54) is 24.3 Å².